The van der Waals surface area contributed by atoms with Crippen molar-refractivity contribution in [2.45, 2.75) is 17.3 Å². The van der Waals surface area contributed by atoms with Crippen LogP contribution in [-0.4, -0.2) is 20.7 Å². The van der Waals surface area contributed by atoms with Crippen LogP contribution in [-0.2, 0) is 11.8 Å². The second-order valence-electron chi connectivity index (χ2n) is 5.70. The molecule has 1 unspecified atom stereocenters. The van der Waals surface area contributed by atoms with Gasteiger partial charge in [0.05, 0.1) is 17.1 Å². The van der Waals surface area contributed by atoms with E-state index in [4.69, 9.17) is 0 Å². The Kier molecular flexibility index (Phi) is 5.37. The molecule has 1 amide bonds. The van der Waals surface area contributed by atoms with Gasteiger partial charge in [0.1, 0.15) is 17.3 Å². The summed E-state index contributed by atoms with van der Waals surface area (Å²) in [6.45, 7) is 1.66. The van der Waals surface area contributed by atoms with Crippen LogP contribution in [0.15, 0.2) is 59.9 Å². The highest BCUT2D eigenvalue weighted by Gasteiger charge is 2.21. The van der Waals surface area contributed by atoms with Gasteiger partial charge in [-0.15, -0.1) is 0 Å². The van der Waals surface area contributed by atoms with Gasteiger partial charge in [0.25, 0.3) is 0 Å². The zero-order valence-electron chi connectivity index (χ0n) is 14.2. The van der Waals surface area contributed by atoms with Crippen molar-refractivity contribution in [2.75, 3.05) is 5.32 Å². The average molecular weight is 373 g/mol. The van der Waals surface area contributed by atoms with Crippen molar-refractivity contribution >= 4 is 23.4 Å². The third-order valence-corrected chi connectivity index (χ3v) is 5.04. The zero-order chi connectivity index (χ0) is 18.7. The van der Waals surface area contributed by atoms with Crippen molar-refractivity contribution in [3.63, 3.8) is 0 Å². The average Bonchev–Trinajstić information content (AvgIpc) is 2.99. The maximum Gasteiger partial charge on any atom is 0.237 e. The molecule has 1 atom stereocenters. The number of benzene rings is 2. The Morgan fingerprint density at radius 3 is 2.42 bits per heavy atom. The predicted molar refractivity (Wildman–Crippen MR) is 99.0 cm³/mol. The highest BCUT2D eigenvalue weighted by molar-refractivity contribution is 8.00. The third-order valence-electron chi connectivity index (χ3n) is 3.88. The number of rotatable bonds is 5. The van der Waals surface area contributed by atoms with Crippen molar-refractivity contribution in [1.82, 2.24) is 9.55 Å². The number of anilines is 1. The minimum Gasteiger partial charge on any atom is -0.322 e. The Balaban J connectivity index is 1.73. The highest BCUT2D eigenvalue weighted by atomic mass is 32.2. The normalized spacial score (nSPS) is 12.0. The summed E-state index contributed by atoms with van der Waals surface area (Å²) < 4.78 is 29.2. The van der Waals surface area contributed by atoms with Crippen LogP contribution in [0.25, 0.3) is 11.3 Å². The lowest BCUT2D eigenvalue weighted by Crippen LogP contribution is -2.24. The fraction of sp³-hybridized carbons (Fsp3) is 0.158. The van der Waals surface area contributed by atoms with E-state index < -0.39 is 28.5 Å². The molecule has 2 aromatic carbocycles. The quantitative estimate of drug-likeness (QED) is 0.671. The van der Waals surface area contributed by atoms with Gasteiger partial charge in [0, 0.05) is 7.05 Å². The van der Waals surface area contributed by atoms with Crippen LogP contribution in [0, 0.1) is 11.6 Å². The SMILES string of the molecule is CC(Sc1ncc(-c2ccccc2)n1C)C(=O)Nc1c(F)cccc1F. The van der Waals surface area contributed by atoms with E-state index in [-0.39, 0.29) is 0 Å². The molecule has 7 heteroatoms. The lowest BCUT2D eigenvalue weighted by atomic mass is 10.2. The standard InChI is InChI=1S/C19H17F2N3OS/c1-12(18(25)23-17-14(20)9-6-10-15(17)21)26-19-22-11-16(24(19)2)13-7-4-3-5-8-13/h3-12H,1-2H3,(H,23,25). The van der Waals surface area contributed by atoms with Crippen LogP contribution in [0.2, 0.25) is 0 Å². The molecule has 26 heavy (non-hydrogen) atoms. The molecule has 0 aliphatic heterocycles. The molecule has 134 valence electrons. The number of carbonyl (C=O) groups excluding carboxylic acids is 1. The number of carbonyl (C=O) groups is 1. The van der Waals surface area contributed by atoms with E-state index in [1.165, 1.54) is 17.8 Å². The minimum atomic E-state index is -0.807. The second-order valence-corrected chi connectivity index (χ2v) is 7.01. The lowest BCUT2D eigenvalue weighted by molar-refractivity contribution is -0.115. The molecule has 0 radical (unpaired) electrons. The molecule has 1 N–H and O–H groups in total. The van der Waals surface area contributed by atoms with Gasteiger partial charge in [-0.1, -0.05) is 48.2 Å². The van der Waals surface area contributed by atoms with E-state index in [1.807, 2.05) is 41.9 Å². The fourth-order valence-electron chi connectivity index (χ4n) is 2.43. The van der Waals surface area contributed by atoms with Gasteiger partial charge >= 0.3 is 0 Å². The number of nitrogens with zero attached hydrogens (tertiary/aromatic N) is 2. The molecular weight excluding hydrogens is 356 g/mol. The maximum atomic E-state index is 13.7. The van der Waals surface area contributed by atoms with Crippen molar-refractivity contribution in [2.24, 2.45) is 7.05 Å². The van der Waals surface area contributed by atoms with Gasteiger partial charge in [-0.05, 0) is 24.6 Å². The summed E-state index contributed by atoms with van der Waals surface area (Å²) >= 11 is 1.22. The van der Waals surface area contributed by atoms with Crippen molar-refractivity contribution < 1.29 is 13.6 Å². The molecule has 0 saturated carbocycles. The van der Waals surface area contributed by atoms with Crippen LogP contribution in [0.4, 0.5) is 14.5 Å². The summed E-state index contributed by atoms with van der Waals surface area (Å²) in [5.74, 6) is -2.11. The minimum absolute atomic E-state index is 0.435. The van der Waals surface area contributed by atoms with Gasteiger partial charge in [0.15, 0.2) is 5.16 Å². The molecule has 1 aromatic heterocycles. The fourth-order valence-corrected chi connectivity index (χ4v) is 3.29. The van der Waals surface area contributed by atoms with Gasteiger partial charge in [-0.25, -0.2) is 13.8 Å². The van der Waals surface area contributed by atoms with E-state index in [2.05, 4.69) is 10.3 Å². The summed E-state index contributed by atoms with van der Waals surface area (Å²) in [4.78, 5) is 16.7. The summed E-state index contributed by atoms with van der Waals surface area (Å²) in [6.07, 6.45) is 1.73. The van der Waals surface area contributed by atoms with E-state index in [0.717, 1.165) is 23.4 Å². The van der Waals surface area contributed by atoms with Crippen LogP contribution in [0.3, 0.4) is 0 Å². The maximum absolute atomic E-state index is 13.7. The second kappa shape index (κ2) is 7.70. The molecule has 0 aliphatic rings. The molecule has 0 aliphatic carbocycles. The number of hydrogen-bond acceptors (Lipinski definition) is 3. The van der Waals surface area contributed by atoms with E-state index in [0.29, 0.717) is 5.16 Å². The first-order chi connectivity index (χ1) is 12.5. The Morgan fingerprint density at radius 1 is 1.12 bits per heavy atom. The van der Waals surface area contributed by atoms with Gasteiger partial charge in [0.2, 0.25) is 5.91 Å². The Bertz CT molecular complexity index is 908. The van der Waals surface area contributed by atoms with Crippen molar-refractivity contribution in [3.05, 3.63) is 66.4 Å². The molecule has 1 heterocycles. The molecule has 0 spiro atoms. The molecule has 4 nitrogen and oxygen atoms in total. The number of imidazole rings is 1. The summed E-state index contributed by atoms with van der Waals surface area (Å²) in [6, 6.07) is 13.2. The topological polar surface area (TPSA) is 46.9 Å². The van der Waals surface area contributed by atoms with Gasteiger partial charge in [-0.2, -0.15) is 0 Å². The Morgan fingerprint density at radius 2 is 1.77 bits per heavy atom. The Labute approximate surface area is 154 Å². The number of halogens is 2. The van der Waals surface area contributed by atoms with Crippen LogP contribution in [0.1, 0.15) is 6.92 Å². The van der Waals surface area contributed by atoms with Crippen molar-refractivity contribution in [1.29, 1.82) is 0 Å². The molecule has 0 bridgehead atoms. The summed E-state index contributed by atoms with van der Waals surface area (Å²) in [7, 11) is 1.86. The largest absolute Gasteiger partial charge is 0.322 e. The number of aromatic nitrogens is 2. The van der Waals surface area contributed by atoms with Gasteiger partial charge < -0.3 is 9.88 Å². The van der Waals surface area contributed by atoms with E-state index >= 15 is 0 Å². The lowest BCUT2D eigenvalue weighted by Gasteiger charge is -2.13. The van der Waals surface area contributed by atoms with Crippen LogP contribution in [0.5, 0.6) is 0 Å². The molecule has 0 saturated heterocycles. The number of hydrogen-bond donors (Lipinski definition) is 1. The number of thioether (sulfide) groups is 1. The third kappa shape index (κ3) is 3.77. The smallest absolute Gasteiger partial charge is 0.237 e. The summed E-state index contributed by atoms with van der Waals surface area (Å²) in [5.41, 5.74) is 1.50. The van der Waals surface area contributed by atoms with E-state index in [1.54, 1.807) is 13.1 Å². The number of para-hydroxylation sites is 1. The summed E-state index contributed by atoms with van der Waals surface area (Å²) in [5, 5.41) is 2.36. The predicted octanol–water partition coefficient (Wildman–Crippen LogP) is 4.48. The molecule has 3 aromatic rings. The molecule has 3 rings (SSSR count). The zero-order valence-corrected chi connectivity index (χ0v) is 15.1. The van der Waals surface area contributed by atoms with E-state index in [9.17, 15) is 13.6 Å². The number of amides is 1. The highest BCUT2D eigenvalue weighted by Crippen LogP contribution is 2.28. The first-order valence-corrected chi connectivity index (χ1v) is 8.84. The van der Waals surface area contributed by atoms with Gasteiger partial charge in [-0.3, -0.25) is 4.79 Å². The monoisotopic (exact) mass is 373 g/mol. The molecule has 0 fully saturated rings. The molecular formula is C19H17F2N3OS. The van der Waals surface area contributed by atoms with Crippen molar-refractivity contribution in [3.8, 4) is 11.3 Å². The van der Waals surface area contributed by atoms with Crippen LogP contribution >= 0.6 is 11.8 Å². The Hall–Kier alpha value is -2.67. The first kappa shape index (κ1) is 18.1. The first-order valence-electron chi connectivity index (χ1n) is 7.96. The number of nitrogens with one attached hydrogen (secondary N) is 1. The van der Waals surface area contributed by atoms with Crippen LogP contribution < -0.4 is 5.32 Å².